The number of carbonyl (C=O) groups is 2. The molecule has 152 valence electrons. The predicted molar refractivity (Wildman–Crippen MR) is 105 cm³/mol. The zero-order valence-electron chi connectivity index (χ0n) is 17.8. The lowest BCUT2D eigenvalue weighted by Crippen LogP contribution is -2.29. The Hall–Kier alpha value is -1.06. The number of esters is 2. The molecule has 0 aromatic rings. The first kappa shape index (κ1) is 23.0. The molecule has 4 nitrogen and oxygen atoms in total. The maximum absolute atomic E-state index is 12.2. The van der Waals surface area contributed by atoms with E-state index in [1.807, 2.05) is 0 Å². The SMILES string of the molecule is CC(C)C(C)CCOC(=O)C1CCC(C(=O)OCCC(C)C(C)C)CC1. The maximum atomic E-state index is 12.2. The van der Waals surface area contributed by atoms with Crippen LogP contribution in [0.25, 0.3) is 0 Å². The van der Waals surface area contributed by atoms with E-state index in [1.54, 1.807) is 0 Å². The first-order valence-corrected chi connectivity index (χ1v) is 10.6. The van der Waals surface area contributed by atoms with Gasteiger partial charge in [0.15, 0.2) is 0 Å². The fourth-order valence-electron chi connectivity index (χ4n) is 3.16. The second-order valence-electron chi connectivity index (χ2n) is 8.90. The third-order valence-electron chi connectivity index (χ3n) is 6.31. The molecule has 0 spiro atoms. The summed E-state index contributed by atoms with van der Waals surface area (Å²) in [6, 6.07) is 0. The predicted octanol–water partition coefficient (Wildman–Crippen LogP) is 5.24. The number of ether oxygens (including phenoxy) is 2. The molecule has 0 aliphatic heterocycles. The van der Waals surface area contributed by atoms with Crippen molar-refractivity contribution in [3.63, 3.8) is 0 Å². The Balaban J connectivity index is 2.22. The molecule has 0 N–H and O–H groups in total. The van der Waals surface area contributed by atoms with Crippen molar-refractivity contribution in [3.05, 3.63) is 0 Å². The maximum Gasteiger partial charge on any atom is 0.308 e. The Labute approximate surface area is 160 Å². The van der Waals surface area contributed by atoms with Crippen LogP contribution in [0.15, 0.2) is 0 Å². The van der Waals surface area contributed by atoms with Gasteiger partial charge in [0.05, 0.1) is 25.0 Å². The molecule has 1 aliphatic carbocycles. The quantitative estimate of drug-likeness (QED) is 0.495. The van der Waals surface area contributed by atoms with Crippen LogP contribution in [-0.2, 0) is 19.1 Å². The lowest BCUT2D eigenvalue weighted by atomic mass is 9.82. The minimum atomic E-state index is -0.0847. The number of carbonyl (C=O) groups excluding carboxylic acids is 2. The van der Waals surface area contributed by atoms with E-state index < -0.39 is 0 Å². The largest absolute Gasteiger partial charge is 0.465 e. The van der Waals surface area contributed by atoms with Crippen molar-refractivity contribution < 1.29 is 19.1 Å². The van der Waals surface area contributed by atoms with E-state index >= 15 is 0 Å². The van der Waals surface area contributed by atoms with Gasteiger partial charge in [-0.2, -0.15) is 0 Å². The molecule has 0 aromatic heterocycles. The minimum absolute atomic E-state index is 0.0469. The van der Waals surface area contributed by atoms with Crippen LogP contribution in [0.5, 0.6) is 0 Å². The van der Waals surface area contributed by atoms with Gasteiger partial charge in [-0.25, -0.2) is 0 Å². The van der Waals surface area contributed by atoms with Gasteiger partial charge >= 0.3 is 11.9 Å². The molecule has 0 bridgehead atoms. The van der Waals surface area contributed by atoms with E-state index in [0.717, 1.165) is 38.5 Å². The second kappa shape index (κ2) is 11.6. The second-order valence-corrected chi connectivity index (χ2v) is 8.90. The fraction of sp³-hybridized carbons (Fsp3) is 0.909. The van der Waals surface area contributed by atoms with Gasteiger partial charge < -0.3 is 9.47 Å². The van der Waals surface area contributed by atoms with Crippen molar-refractivity contribution in [2.24, 2.45) is 35.5 Å². The summed E-state index contributed by atoms with van der Waals surface area (Å²) in [7, 11) is 0. The van der Waals surface area contributed by atoms with Crippen LogP contribution < -0.4 is 0 Å². The molecular weight excluding hydrogens is 328 g/mol. The Morgan fingerprint density at radius 3 is 1.27 bits per heavy atom. The highest BCUT2D eigenvalue weighted by molar-refractivity contribution is 5.75. The van der Waals surface area contributed by atoms with Gasteiger partial charge in [0.1, 0.15) is 0 Å². The highest BCUT2D eigenvalue weighted by Gasteiger charge is 2.31. The van der Waals surface area contributed by atoms with Gasteiger partial charge in [0, 0.05) is 0 Å². The number of hydrogen-bond acceptors (Lipinski definition) is 4. The van der Waals surface area contributed by atoms with E-state index in [9.17, 15) is 9.59 Å². The molecule has 2 atom stereocenters. The van der Waals surface area contributed by atoms with E-state index in [1.165, 1.54) is 0 Å². The van der Waals surface area contributed by atoms with E-state index in [-0.39, 0.29) is 23.8 Å². The molecule has 0 amide bonds. The van der Waals surface area contributed by atoms with Crippen molar-refractivity contribution in [2.45, 2.75) is 80.1 Å². The summed E-state index contributed by atoms with van der Waals surface area (Å²) < 4.78 is 10.9. The Morgan fingerprint density at radius 1 is 0.692 bits per heavy atom. The van der Waals surface area contributed by atoms with Crippen LogP contribution in [0, 0.1) is 35.5 Å². The zero-order chi connectivity index (χ0) is 19.7. The Bertz CT molecular complexity index is 382. The molecule has 0 aromatic carbocycles. The zero-order valence-corrected chi connectivity index (χ0v) is 17.8. The minimum Gasteiger partial charge on any atom is -0.465 e. The van der Waals surface area contributed by atoms with Gasteiger partial charge in [0.25, 0.3) is 0 Å². The van der Waals surface area contributed by atoms with Crippen LogP contribution in [0.3, 0.4) is 0 Å². The molecule has 1 rings (SSSR count). The summed E-state index contributed by atoms with van der Waals surface area (Å²) in [5.74, 6) is 2.08. The number of hydrogen-bond donors (Lipinski definition) is 0. The summed E-state index contributed by atoms with van der Waals surface area (Å²) in [4.78, 5) is 24.4. The third kappa shape index (κ3) is 8.09. The van der Waals surface area contributed by atoms with E-state index in [2.05, 4.69) is 41.5 Å². The summed E-state index contributed by atoms with van der Waals surface area (Å²) >= 11 is 0. The first-order chi connectivity index (χ1) is 12.2. The topological polar surface area (TPSA) is 52.6 Å². The summed E-state index contributed by atoms with van der Waals surface area (Å²) in [6.07, 6.45) is 4.78. The average molecular weight is 369 g/mol. The van der Waals surface area contributed by atoms with Gasteiger partial charge in [-0.1, -0.05) is 41.5 Å². The molecule has 1 saturated carbocycles. The monoisotopic (exact) mass is 368 g/mol. The van der Waals surface area contributed by atoms with E-state index in [4.69, 9.17) is 9.47 Å². The summed E-state index contributed by atoms with van der Waals surface area (Å²) in [5.41, 5.74) is 0. The van der Waals surface area contributed by atoms with Crippen LogP contribution in [0.2, 0.25) is 0 Å². The smallest absolute Gasteiger partial charge is 0.308 e. The number of rotatable bonds is 10. The van der Waals surface area contributed by atoms with Gasteiger partial charge in [-0.05, 0) is 62.2 Å². The van der Waals surface area contributed by atoms with Crippen molar-refractivity contribution in [3.8, 4) is 0 Å². The highest BCUT2D eigenvalue weighted by atomic mass is 16.5. The van der Waals surface area contributed by atoms with Crippen molar-refractivity contribution >= 4 is 11.9 Å². The van der Waals surface area contributed by atoms with E-state index in [0.29, 0.717) is 36.9 Å². The molecule has 2 unspecified atom stereocenters. The molecular formula is C22H40O4. The van der Waals surface area contributed by atoms with Gasteiger partial charge in [-0.15, -0.1) is 0 Å². The average Bonchev–Trinajstić information content (AvgIpc) is 2.61. The first-order valence-electron chi connectivity index (χ1n) is 10.6. The Morgan fingerprint density at radius 2 is 1.00 bits per heavy atom. The van der Waals surface area contributed by atoms with Gasteiger partial charge in [0.2, 0.25) is 0 Å². The van der Waals surface area contributed by atoms with Crippen LogP contribution in [-0.4, -0.2) is 25.2 Å². The molecule has 0 heterocycles. The highest BCUT2D eigenvalue weighted by Crippen LogP contribution is 2.30. The third-order valence-corrected chi connectivity index (χ3v) is 6.31. The van der Waals surface area contributed by atoms with Crippen molar-refractivity contribution in [2.75, 3.05) is 13.2 Å². The molecule has 26 heavy (non-hydrogen) atoms. The summed E-state index contributed by atoms with van der Waals surface area (Å²) in [6.45, 7) is 14.2. The normalized spacial score (nSPS) is 22.9. The van der Waals surface area contributed by atoms with Crippen molar-refractivity contribution in [1.82, 2.24) is 0 Å². The fourth-order valence-corrected chi connectivity index (χ4v) is 3.16. The Kier molecular flexibility index (Phi) is 10.3. The molecule has 0 radical (unpaired) electrons. The molecule has 1 aliphatic rings. The molecule has 4 heteroatoms. The molecule has 1 fully saturated rings. The van der Waals surface area contributed by atoms with Crippen LogP contribution >= 0.6 is 0 Å². The standard InChI is InChI=1S/C22H40O4/c1-15(2)17(5)11-13-25-21(23)19-7-9-20(10-8-19)22(24)26-14-12-18(6)16(3)4/h15-20H,7-14H2,1-6H3. The lowest BCUT2D eigenvalue weighted by molar-refractivity contribution is -0.155. The lowest BCUT2D eigenvalue weighted by Gasteiger charge is -2.26. The van der Waals surface area contributed by atoms with Gasteiger partial charge in [-0.3, -0.25) is 9.59 Å². The summed E-state index contributed by atoms with van der Waals surface area (Å²) in [5, 5.41) is 0. The van der Waals surface area contributed by atoms with Crippen molar-refractivity contribution in [1.29, 1.82) is 0 Å². The molecule has 0 saturated heterocycles. The van der Waals surface area contributed by atoms with Crippen LogP contribution in [0.4, 0.5) is 0 Å². The van der Waals surface area contributed by atoms with Crippen LogP contribution in [0.1, 0.15) is 80.1 Å².